The molecule has 1 N–H and O–H groups in total. The molecule has 5 nitrogen and oxygen atoms in total. The van der Waals surface area contributed by atoms with Crippen molar-refractivity contribution >= 4 is 66.6 Å². The average molecular weight is 540 g/mol. The fraction of sp³-hybridized carbons (Fsp3) is 0.136. The van der Waals surface area contributed by atoms with Crippen molar-refractivity contribution < 1.29 is 13.2 Å². The number of rotatable bonds is 7. The van der Waals surface area contributed by atoms with Crippen LogP contribution in [0.1, 0.15) is 5.56 Å². The van der Waals surface area contributed by atoms with Gasteiger partial charge in [0.1, 0.15) is 6.54 Å². The van der Waals surface area contributed by atoms with E-state index in [0.29, 0.717) is 20.9 Å². The van der Waals surface area contributed by atoms with E-state index in [1.165, 1.54) is 11.8 Å². The van der Waals surface area contributed by atoms with Crippen molar-refractivity contribution in [3.63, 3.8) is 0 Å². The number of carbonyl (C=O) groups excluding carboxylic acids is 1. The summed E-state index contributed by atoms with van der Waals surface area (Å²) in [5.74, 6) is -0.483. The van der Waals surface area contributed by atoms with Crippen molar-refractivity contribution in [2.75, 3.05) is 22.4 Å². The van der Waals surface area contributed by atoms with E-state index in [1.54, 1.807) is 66.7 Å². The minimum Gasteiger partial charge on any atom is -0.324 e. The van der Waals surface area contributed by atoms with Gasteiger partial charge in [-0.15, -0.1) is 11.8 Å². The van der Waals surface area contributed by atoms with Gasteiger partial charge in [-0.05, 0) is 83.7 Å². The van der Waals surface area contributed by atoms with Crippen LogP contribution in [-0.4, -0.2) is 27.1 Å². The number of hydrogen-bond donors (Lipinski definition) is 1. The van der Waals surface area contributed by atoms with Crippen LogP contribution in [0, 0.1) is 6.92 Å². The second-order valence-corrected chi connectivity index (χ2v) is 10.7. The fourth-order valence-electron chi connectivity index (χ4n) is 2.81. The zero-order valence-corrected chi connectivity index (χ0v) is 20.8. The van der Waals surface area contributed by atoms with Crippen molar-refractivity contribution in [1.29, 1.82) is 0 Å². The van der Waals surface area contributed by atoms with Crippen LogP contribution >= 0.6 is 39.3 Å². The topological polar surface area (TPSA) is 66.5 Å². The van der Waals surface area contributed by atoms with E-state index < -0.39 is 15.9 Å². The molecule has 0 atom stereocenters. The summed E-state index contributed by atoms with van der Waals surface area (Å²) in [6.45, 7) is 1.52. The first-order valence-electron chi connectivity index (χ1n) is 9.19. The Hall–Kier alpha value is -2.00. The number of nitrogens with one attached hydrogen (secondary N) is 1. The molecule has 0 heterocycles. The van der Waals surface area contributed by atoms with Gasteiger partial charge < -0.3 is 5.32 Å². The average Bonchev–Trinajstić information content (AvgIpc) is 2.75. The van der Waals surface area contributed by atoms with Crippen LogP contribution in [0.5, 0.6) is 0 Å². The van der Waals surface area contributed by atoms with Gasteiger partial charge in [-0.3, -0.25) is 9.10 Å². The molecule has 3 aromatic rings. The van der Waals surface area contributed by atoms with Gasteiger partial charge in [0.2, 0.25) is 5.91 Å². The molecule has 162 valence electrons. The minimum atomic E-state index is -3.96. The van der Waals surface area contributed by atoms with Crippen molar-refractivity contribution in [3.05, 3.63) is 81.8 Å². The summed E-state index contributed by atoms with van der Waals surface area (Å²) in [5.41, 5.74) is 1.87. The van der Waals surface area contributed by atoms with E-state index in [-0.39, 0.29) is 11.4 Å². The van der Waals surface area contributed by atoms with Crippen LogP contribution in [-0.2, 0) is 14.8 Å². The third-order valence-electron chi connectivity index (χ3n) is 4.46. The second kappa shape index (κ2) is 10.1. The summed E-state index contributed by atoms with van der Waals surface area (Å²) in [4.78, 5) is 13.8. The van der Waals surface area contributed by atoms with Gasteiger partial charge in [-0.25, -0.2) is 8.42 Å². The molecule has 0 saturated carbocycles. The molecule has 0 fully saturated rings. The Bertz CT molecular complexity index is 1180. The number of anilines is 2. The number of benzene rings is 3. The first-order valence-corrected chi connectivity index (χ1v) is 13.0. The van der Waals surface area contributed by atoms with Crippen LogP contribution in [0.4, 0.5) is 11.4 Å². The molecule has 0 aliphatic rings. The van der Waals surface area contributed by atoms with Gasteiger partial charge in [0, 0.05) is 15.1 Å². The van der Waals surface area contributed by atoms with E-state index in [2.05, 4.69) is 21.2 Å². The van der Waals surface area contributed by atoms with Crippen LogP contribution in [0.3, 0.4) is 0 Å². The number of halogens is 2. The van der Waals surface area contributed by atoms with Crippen LogP contribution in [0.15, 0.2) is 81.0 Å². The number of sulfonamides is 1. The number of nitrogens with zero attached hydrogens (tertiary/aromatic N) is 1. The van der Waals surface area contributed by atoms with Gasteiger partial charge in [0.15, 0.2) is 0 Å². The fourth-order valence-corrected chi connectivity index (χ4v) is 5.06. The summed E-state index contributed by atoms with van der Waals surface area (Å²) >= 11 is 10.9. The molecule has 0 saturated heterocycles. The summed E-state index contributed by atoms with van der Waals surface area (Å²) in [7, 11) is -3.96. The highest BCUT2D eigenvalue weighted by Gasteiger charge is 2.27. The second-order valence-electron chi connectivity index (χ2n) is 6.70. The van der Waals surface area contributed by atoms with Gasteiger partial charge >= 0.3 is 0 Å². The molecule has 3 aromatic carbocycles. The Morgan fingerprint density at radius 2 is 1.71 bits per heavy atom. The summed E-state index contributed by atoms with van der Waals surface area (Å²) in [5, 5.41) is 3.15. The number of amides is 1. The van der Waals surface area contributed by atoms with Gasteiger partial charge in [0.25, 0.3) is 10.0 Å². The molecule has 0 aliphatic carbocycles. The predicted octanol–water partition coefficient (Wildman–Crippen LogP) is 5.97. The molecule has 0 aromatic heterocycles. The molecule has 0 unspecified atom stereocenters. The van der Waals surface area contributed by atoms with Gasteiger partial charge in [-0.2, -0.15) is 0 Å². The maximum absolute atomic E-state index is 13.4. The lowest BCUT2D eigenvalue weighted by atomic mass is 10.2. The first-order chi connectivity index (χ1) is 14.7. The van der Waals surface area contributed by atoms with E-state index in [4.69, 9.17) is 11.6 Å². The third-order valence-corrected chi connectivity index (χ3v) is 8.22. The van der Waals surface area contributed by atoms with Crippen molar-refractivity contribution in [2.45, 2.75) is 16.7 Å². The summed E-state index contributed by atoms with van der Waals surface area (Å²) < 4.78 is 28.6. The quantitative estimate of drug-likeness (QED) is 0.376. The third kappa shape index (κ3) is 5.83. The lowest BCUT2D eigenvalue weighted by molar-refractivity contribution is -0.114. The Morgan fingerprint density at radius 1 is 1.06 bits per heavy atom. The molecule has 3 rings (SSSR count). The Balaban J connectivity index is 1.92. The predicted molar refractivity (Wildman–Crippen MR) is 132 cm³/mol. The number of hydrogen-bond acceptors (Lipinski definition) is 4. The standard InChI is InChI=1S/C22H20BrClN2O3S2/c1-15-3-6-17(7-4-15)26(31(28,29)19-10-8-18(30-2)9-11-19)14-22(27)25-16-5-12-20(23)21(24)13-16/h3-13H,14H2,1-2H3,(H,25,27). The molecule has 31 heavy (non-hydrogen) atoms. The lowest BCUT2D eigenvalue weighted by Gasteiger charge is -2.24. The maximum Gasteiger partial charge on any atom is 0.264 e. The zero-order valence-electron chi connectivity index (χ0n) is 16.8. The number of aryl methyl sites for hydroxylation is 1. The van der Waals surface area contributed by atoms with Gasteiger partial charge in [-0.1, -0.05) is 29.3 Å². The maximum atomic E-state index is 13.4. The monoisotopic (exact) mass is 538 g/mol. The summed E-state index contributed by atoms with van der Waals surface area (Å²) in [6, 6.07) is 18.6. The molecular formula is C22H20BrClN2O3S2. The Kier molecular flexibility index (Phi) is 7.69. The minimum absolute atomic E-state index is 0.116. The molecule has 1 amide bonds. The molecule has 0 aliphatic heterocycles. The highest BCUT2D eigenvalue weighted by atomic mass is 79.9. The van der Waals surface area contributed by atoms with E-state index in [9.17, 15) is 13.2 Å². The van der Waals surface area contributed by atoms with Crippen LogP contribution < -0.4 is 9.62 Å². The van der Waals surface area contributed by atoms with E-state index >= 15 is 0 Å². The van der Waals surface area contributed by atoms with E-state index in [1.807, 2.05) is 13.2 Å². The van der Waals surface area contributed by atoms with Crippen molar-refractivity contribution in [2.24, 2.45) is 0 Å². The molecule has 9 heteroatoms. The van der Waals surface area contributed by atoms with Crippen molar-refractivity contribution in [3.8, 4) is 0 Å². The smallest absolute Gasteiger partial charge is 0.264 e. The molecule has 0 spiro atoms. The highest BCUT2D eigenvalue weighted by Crippen LogP contribution is 2.27. The van der Waals surface area contributed by atoms with Crippen molar-refractivity contribution in [1.82, 2.24) is 0 Å². The molecular weight excluding hydrogens is 520 g/mol. The number of carbonyl (C=O) groups is 1. The van der Waals surface area contributed by atoms with Crippen LogP contribution in [0.25, 0.3) is 0 Å². The first kappa shape index (κ1) is 23.7. The molecule has 0 radical (unpaired) electrons. The zero-order chi connectivity index (χ0) is 22.6. The van der Waals surface area contributed by atoms with Crippen LogP contribution in [0.2, 0.25) is 5.02 Å². The lowest BCUT2D eigenvalue weighted by Crippen LogP contribution is -2.38. The summed E-state index contributed by atoms with van der Waals surface area (Å²) in [6.07, 6.45) is 1.92. The SMILES string of the molecule is CSc1ccc(S(=O)(=O)N(CC(=O)Nc2ccc(Br)c(Cl)c2)c2ccc(C)cc2)cc1. The Labute approximate surface area is 200 Å². The number of thioether (sulfide) groups is 1. The Morgan fingerprint density at radius 3 is 2.29 bits per heavy atom. The normalized spacial score (nSPS) is 11.2. The van der Waals surface area contributed by atoms with E-state index in [0.717, 1.165) is 14.8 Å². The largest absolute Gasteiger partial charge is 0.324 e. The molecule has 0 bridgehead atoms. The highest BCUT2D eigenvalue weighted by molar-refractivity contribution is 9.10. The van der Waals surface area contributed by atoms with Gasteiger partial charge in [0.05, 0.1) is 15.6 Å².